The Balaban J connectivity index is 1.24. The summed E-state index contributed by atoms with van der Waals surface area (Å²) in [6, 6.07) is 20.2. The number of amides is 2. The van der Waals surface area contributed by atoms with E-state index < -0.39 is 0 Å². The zero-order chi connectivity index (χ0) is 22.1. The van der Waals surface area contributed by atoms with Crippen LogP contribution in [0.1, 0.15) is 61.5 Å². The number of likely N-dealkylation sites (tertiary alicyclic amines) is 1. The molecule has 0 radical (unpaired) electrons. The lowest BCUT2D eigenvalue weighted by molar-refractivity contribution is 0.0724. The van der Waals surface area contributed by atoms with Crippen molar-refractivity contribution in [2.45, 2.75) is 25.8 Å². The van der Waals surface area contributed by atoms with E-state index in [1.807, 2.05) is 59.5 Å². The fourth-order valence-corrected chi connectivity index (χ4v) is 4.50. The van der Waals surface area contributed by atoms with Gasteiger partial charge in [0.2, 0.25) is 0 Å². The molecule has 0 saturated carbocycles. The van der Waals surface area contributed by atoms with Gasteiger partial charge in [-0.3, -0.25) is 14.4 Å². The molecule has 2 aliphatic rings. The molecule has 1 aliphatic carbocycles. The van der Waals surface area contributed by atoms with Crippen molar-refractivity contribution in [1.29, 1.82) is 0 Å². The summed E-state index contributed by atoms with van der Waals surface area (Å²) in [7, 11) is 0. The summed E-state index contributed by atoms with van der Waals surface area (Å²) in [6.07, 6.45) is 3.32. The number of nitrogens with one attached hydrogen (secondary N) is 1. The lowest BCUT2D eigenvalue weighted by atomic mass is 10.0. The highest BCUT2D eigenvalue weighted by molar-refractivity contribution is 6.22. The molecule has 2 amide bonds. The minimum atomic E-state index is -0.231. The predicted molar refractivity (Wildman–Crippen MR) is 123 cm³/mol. The Morgan fingerprint density at radius 2 is 1.41 bits per heavy atom. The Labute approximate surface area is 187 Å². The van der Waals surface area contributed by atoms with Crippen LogP contribution >= 0.6 is 0 Å². The zero-order valence-corrected chi connectivity index (χ0v) is 17.8. The fraction of sp³-hybridized carbons (Fsp3) is 0.222. The van der Waals surface area contributed by atoms with Gasteiger partial charge in [-0.25, -0.2) is 0 Å². The van der Waals surface area contributed by atoms with Crippen LogP contribution in [0.3, 0.4) is 0 Å². The highest BCUT2D eigenvalue weighted by atomic mass is 16.2. The van der Waals surface area contributed by atoms with E-state index in [-0.39, 0.29) is 17.6 Å². The van der Waals surface area contributed by atoms with Crippen molar-refractivity contribution < 1.29 is 14.4 Å². The van der Waals surface area contributed by atoms with Crippen LogP contribution in [0.25, 0.3) is 11.1 Å². The van der Waals surface area contributed by atoms with E-state index in [1.165, 1.54) is 6.42 Å². The Hall–Kier alpha value is -3.73. The number of rotatable bonds is 4. The quantitative estimate of drug-likeness (QED) is 0.526. The summed E-state index contributed by atoms with van der Waals surface area (Å²) < 4.78 is 0. The van der Waals surface area contributed by atoms with Crippen LogP contribution in [0.5, 0.6) is 0 Å². The number of benzene rings is 3. The number of carbonyl (C=O) groups excluding carboxylic acids is 3. The second kappa shape index (κ2) is 8.42. The lowest BCUT2D eigenvalue weighted by Crippen LogP contribution is -2.35. The summed E-state index contributed by atoms with van der Waals surface area (Å²) in [5.41, 5.74) is 5.09. The summed E-state index contributed by atoms with van der Waals surface area (Å²) in [6.45, 7) is 2.00. The molecule has 5 heteroatoms. The van der Waals surface area contributed by atoms with Gasteiger partial charge in [0.1, 0.15) is 0 Å². The standard InChI is InChI=1S/C27H24N2O3/c30-25-23-7-3-2-6-21(23)22-13-12-20(16-24(22)25)26(31)28-17-18-8-10-19(11-9-18)27(32)29-14-4-1-5-15-29/h2-3,6-13,16H,1,4-5,14-15,17H2,(H,28,31). The highest BCUT2D eigenvalue weighted by Crippen LogP contribution is 2.36. The molecular weight excluding hydrogens is 400 g/mol. The molecule has 3 aromatic carbocycles. The van der Waals surface area contributed by atoms with Gasteiger partial charge in [-0.15, -0.1) is 0 Å². The summed E-state index contributed by atoms with van der Waals surface area (Å²) in [5, 5.41) is 2.91. The van der Waals surface area contributed by atoms with Crippen LogP contribution < -0.4 is 5.32 Å². The number of fused-ring (bicyclic) bond motifs is 3. The summed E-state index contributed by atoms with van der Waals surface area (Å²) >= 11 is 0. The molecular formula is C27H24N2O3. The van der Waals surface area contributed by atoms with E-state index in [4.69, 9.17) is 0 Å². The van der Waals surface area contributed by atoms with Gasteiger partial charge >= 0.3 is 0 Å². The molecule has 0 atom stereocenters. The van der Waals surface area contributed by atoms with E-state index in [9.17, 15) is 14.4 Å². The van der Waals surface area contributed by atoms with Crippen molar-refractivity contribution in [2.75, 3.05) is 13.1 Å². The Morgan fingerprint density at radius 3 is 2.16 bits per heavy atom. The van der Waals surface area contributed by atoms with Crippen LogP contribution in [0.15, 0.2) is 66.7 Å². The number of ketones is 1. The summed E-state index contributed by atoms with van der Waals surface area (Å²) in [4.78, 5) is 39.9. The topological polar surface area (TPSA) is 66.5 Å². The molecule has 3 aromatic rings. The van der Waals surface area contributed by atoms with Crippen molar-refractivity contribution in [3.05, 3.63) is 94.5 Å². The molecule has 160 valence electrons. The van der Waals surface area contributed by atoms with Gasteiger partial charge in [0.05, 0.1) is 0 Å². The molecule has 1 N–H and O–H groups in total. The Kier molecular flexibility index (Phi) is 5.31. The van der Waals surface area contributed by atoms with E-state index in [0.717, 1.165) is 42.6 Å². The van der Waals surface area contributed by atoms with Crippen molar-refractivity contribution in [3.8, 4) is 11.1 Å². The van der Waals surface area contributed by atoms with Crippen LogP contribution in [0.2, 0.25) is 0 Å². The van der Waals surface area contributed by atoms with E-state index in [1.54, 1.807) is 12.1 Å². The first-order valence-electron chi connectivity index (χ1n) is 11.1. The van der Waals surface area contributed by atoms with Crippen molar-refractivity contribution in [2.24, 2.45) is 0 Å². The van der Waals surface area contributed by atoms with Gasteiger partial charge < -0.3 is 10.2 Å². The number of hydrogen-bond donors (Lipinski definition) is 1. The molecule has 1 aliphatic heterocycles. The first kappa shape index (κ1) is 20.2. The molecule has 0 unspecified atom stereocenters. The maximum Gasteiger partial charge on any atom is 0.253 e. The molecule has 1 heterocycles. The second-order valence-electron chi connectivity index (χ2n) is 8.37. The number of piperidine rings is 1. The van der Waals surface area contributed by atoms with Gasteiger partial charge in [0, 0.05) is 41.9 Å². The van der Waals surface area contributed by atoms with Gasteiger partial charge in [0.25, 0.3) is 11.8 Å². The molecule has 0 aromatic heterocycles. The van der Waals surface area contributed by atoms with Gasteiger partial charge in [-0.05, 0) is 60.2 Å². The SMILES string of the molecule is O=C(NCc1ccc(C(=O)N2CCCCC2)cc1)c1ccc2c(c1)C(=O)c1ccccc1-2. The van der Waals surface area contributed by atoms with Crippen LogP contribution in [-0.2, 0) is 6.54 Å². The van der Waals surface area contributed by atoms with E-state index in [2.05, 4.69) is 5.32 Å². The number of carbonyl (C=O) groups is 3. The van der Waals surface area contributed by atoms with Crippen molar-refractivity contribution in [1.82, 2.24) is 10.2 Å². The molecule has 5 nitrogen and oxygen atoms in total. The summed E-state index contributed by atoms with van der Waals surface area (Å²) in [5.74, 6) is -0.201. The minimum Gasteiger partial charge on any atom is -0.348 e. The van der Waals surface area contributed by atoms with Crippen LogP contribution in [0, 0.1) is 0 Å². The molecule has 1 fully saturated rings. The van der Waals surface area contributed by atoms with E-state index in [0.29, 0.717) is 28.8 Å². The predicted octanol–water partition coefficient (Wildman–Crippen LogP) is 4.45. The average Bonchev–Trinajstić information content (AvgIpc) is 3.14. The smallest absolute Gasteiger partial charge is 0.253 e. The van der Waals surface area contributed by atoms with Gasteiger partial charge in [-0.2, -0.15) is 0 Å². The molecule has 5 rings (SSSR count). The third-order valence-corrected chi connectivity index (χ3v) is 6.29. The highest BCUT2D eigenvalue weighted by Gasteiger charge is 2.27. The van der Waals surface area contributed by atoms with Crippen LogP contribution in [-0.4, -0.2) is 35.6 Å². The van der Waals surface area contributed by atoms with Gasteiger partial charge in [-0.1, -0.05) is 42.5 Å². The normalized spacial score (nSPS) is 14.6. The molecule has 0 spiro atoms. The Bertz CT molecular complexity index is 1210. The second-order valence-corrected chi connectivity index (χ2v) is 8.37. The average molecular weight is 425 g/mol. The minimum absolute atomic E-state index is 0.0424. The maximum atomic E-state index is 12.7. The van der Waals surface area contributed by atoms with Gasteiger partial charge in [0.15, 0.2) is 5.78 Å². The zero-order valence-electron chi connectivity index (χ0n) is 17.8. The van der Waals surface area contributed by atoms with E-state index >= 15 is 0 Å². The van der Waals surface area contributed by atoms with Crippen molar-refractivity contribution in [3.63, 3.8) is 0 Å². The lowest BCUT2D eigenvalue weighted by Gasteiger charge is -2.26. The fourth-order valence-electron chi connectivity index (χ4n) is 4.50. The third kappa shape index (κ3) is 3.71. The first-order valence-corrected chi connectivity index (χ1v) is 11.1. The molecule has 0 bridgehead atoms. The van der Waals surface area contributed by atoms with Crippen molar-refractivity contribution >= 4 is 17.6 Å². The van der Waals surface area contributed by atoms with Crippen LogP contribution in [0.4, 0.5) is 0 Å². The number of nitrogens with zero attached hydrogens (tertiary/aromatic N) is 1. The first-order chi connectivity index (χ1) is 15.6. The molecule has 1 saturated heterocycles. The monoisotopic (exact) mass is 424 g/mol. The third-order valence-electron chi connectivity index (χ3n) is 6.29. The maximum absolute atomic E-state index is 12.7. The largest absolute Gasteiger partial charge is 0.348 e. The number of hydrogen-bond acceptors (Lipinski definition) is 3. The molecule has 32 heavy (non-hydrogen) atoms. The Morgan fingerprint density at radius 1 is 0.750 bits per heavy atom.